The molecule has 0 spiro atoms. The summed E-state index contributed by atoms with van der Waals surface area (Å²) in [6.07, 6.45) is 4.07. The number of anilines is 1. The van der Waals surface area contributed by atoms with Gasteiger partial charge >= 0.3 is 0 Å². The maximum absolute atomic E-state index is 13.6. The van der Waals surface area contributed by atoms with Crippen LogP contribution in [0.3, 0.4) is 0 Å². The number of rotatable bonds is 6. The number of benzene rings is 2. The topological polar surface area (TPSA) is 60.6 Å². The van der Waals surface area contributed by atoms with Gasteiger partial charge in [-0.25, -0.2) is 4.39 Å². The van der Waals surface area contributed by atoms with Crippen molar-refractivity contribution in [1.29, 1.82) is 0 Å². The highest BCUT2D eigenvalue weighted by molar-refractivity contribution is 5.60. The van der Waals surface area contributed by atoms with E-state index in [1.54, 1.807) is 18.3 Å². The Labute approximate surface area is 169 Å². The lowest BCUT2D eigenvalue weighted by atomic mass is 10.0. The molecule has 0 bridgehead atoms. The molecule has 1 saturated heterocycles. The van der Waals surface area contributed by atoms with Gasteiger partial charge in [0.05, 0.1) is 30.7 Å². The van der Waals surface area contributed by atoms with Gasteiger partial charge in [-0.1, -0.05) is 18.2 Å². The van der Waals surface area contributed by atoms with Crippen LogP contribution in [0.5, 0.6) is 17.2 Å². The molecule has 5 nitrogen and oxygen atoms in total. The van der Waals surface area contributed by atoms with Gasteiger partial charge in [0.15, 0.2) is 17.3 Å². The minimum atomic E-state index is -0.490. The third kappa shape index (κ3) is 4.17. The first kappa shape index (κ1) is 19.2. The molecule has 0 radical (unpaired) electrons. The van der Waals surface area contributed by atoms with Crippen molar-refractivity contribution in [3.63, 3.8) is 0 Å². The third-order valence-electron chi connectivity index (χ3n) is 5.15. The van der Waals surface area contributed by atoms with Crippen LogP contribution in [0.4, 0.5) is 10.1 Å². The van der Waals surface area contributed by atoms with Gasteiger partial charge < -0.3 is 20.1 Å². The molecule has 1 aromatic heterocycles. The van der Waals surface area contributed by atoms with Crippen LogP contribution in [0.15, 0.2) is 60.8 Å². The number of pyridine rings is 1. The second-order valence-corrected chi connectivity index (χ2v) is 7.05. The number of aromatic nitrogens is 1. The van der Waals surface area contributed by atoms with Gasteiger partial charge in [0.2, 0.25) is 0 Å². The van der Waals surface area contributed by atoms with Crippen molar-refractivity contribution in [3.05, 3.63) is 77.9 Å². The number of ether oxygens (including phenoxy) is 2. The summed E-state index contributed by atoms with van der Waals surface area (Å²) in [7, 11) is 1.43. The van der Waals surface area contributed by atoms with Crippen LogP contribution in [0.1, 0.15) is 30.1 Å². The molecule has 4 rings (SSSR count). The average molecular weight is 393 g/mol. The molecule has 0 saturated carbocycles. The smallest absolute Gasteiger partial charge is 0.165 e. The van der Waals surface area contributed by atoms with Crippen LogP contribution in [0, 0.1) is 5.82 Å². The molecule has 1 unspecified atom stereocenters. The summed E-state index contributed by atoms with van der Waals surface area (Å²) in [6.45, 7) is 2.10. The lowest BCUT2D eigenvalue weighted by Gasteiger charge is -2.21. The highest BCUT2D eigenvalue weighted by atomic mass is 19.1. The molecule has 1 aliphatic rings. The molecule has 1 fully saturated rings. The minimum absolute atomic E-state index is 0.163. The van der Waals surface area contributed by atoms with Crippen LogP contribution in [-0.4, -0.2) is 25.2 Å². The van der Waals surface area contributed by atoms with E-state index in [4.69, 9.17) is 15.2 Å². The van der Waals surface area contributed by atoms with Gasteiger partial charge in [-0.15, -0.1) is 0 Å². The van der Waals surface area contributed by atoms with Crippen molar-refractivity contribution in [3.8, 4) is 17.2 Å². The second-order valence-electron chi connectivity index (χ2n) is 7.05. The lowest BCUT2D eigenvalue weighted by molar-refractivity contribution is 0.385. The van der Waals surface area contributed by atoms with E-state index in [9.17, 15) is 4.39 Å². The fraction of sp³-hybridized carbons (Fsp3) is 0.261. The average Bonchev–Trinajstić information content (AvgIpc) is 3.29. The number of hydrogen-bond donors (Lipinski definition) is 1. The lowest BCUT2D eigenvalue weighted by Crippen LogP contribution is -2.18. The maximum Gasteiger partial charge on any atom is 0.165 e. The Hall–Kier alpha value is -3.12. The molecule has 150 valence electrons. The number of halogens is 1. The fourth-order valence-electron chi connectivity index (χ4n) is 3.57. The molecule has 1 atom stereocenters. The molecule has 2 heterocycles. The molecule has 0 amide bonds. The molecule has 2 N–H and O–H groups in total. The van der Waals surface area contributed by atoms with Crippen LogP contribution >= 0.6 is 0 Å². The Bertz CT molecular complexity index is 972. The quantitative estimate of drug-likeness (QED) is 0.659. The minimum Gasteiger partial charge on any atom is -0.494 e. The fourth-order valence-corrected chi connectivity index (χ4v) is 3.57. The van der Waals surface area contributed by atoms with Crippen molar-refractivity contribution in [1.82, 2.24) is 4.98 Å². The summed E-state index contributed by atoms with van der Waals surface area (Å²) in [5.74, 6) is 1.20. The predicted molar refractivity (Wildman–Crippen MR) is 111 cm³/mol. The van der Waals surface area contributed by atoms with Crippen LogP contribution in [0.2, 0.25) is 0 Å². The monoisotopic (exact) mass is 393 g/mol. The molecule has 1 aliphatic heterocycles. The Balaban J connectivity index is 1.51. The Morgan fingerprint density at radius 2 is 1.83 bits per heavy atom. The van der Waals surface area contributed by atoms with Crippen LogP contribution in [-0.2, 0) is 0 Å². The third-order valence-corrected chi connectivity index (χ3v) is 5.15. The summed E-state index contributed by atoms with van der Waals surface area (Å²) in [4.78, 5) is 6.80. The molecule has 2 aromatic carbocycles. The maximum atomic E-state index is 13.6. The zero-order valence-corrected chi connectivity index (χ0v) is 16.3. The molecule has 0 aliphatic carbocycles. The van der Waals surface area contributed by atoms with Crippen LogP contribution < -0.4 is 20.1 Å². The van der Waals surface area contributed by atoms with Crippen LogP contribution in [0.25, 0.3) is 0 Å². The summed E-state index contributed by atoms with van der Waals surface area (Å²) >= 11 is 0. The van der Waals surface area contributed by atoms with E-state index in [-0.39, 0.29) is 5.75 Å². The van der Waals surface area contributed by atoms with E-state index < -0.39 is 11.9 Å². The number of nitrogens with zero attached hydrogens (tertiary/aromatic N) is 2. The number of hydrogen-bond acceptors (Lipinski definition) is 5. The van der Waals surface area contributed by atoms with E-state index in [0.717, 1.165) is 30.1 Å². The highest BCUT2D eigenvalue weighted by Crippen LogP contribution is 2.34. The zero-order valence-electron chi connectivity index (χ0n) is 16.3. The molecule has 3 aromatic rings. The molecule has 29 heavy (non-hydrogen) atoms. The Kier molecular flexibility index (Phi) is 5.62. The van der Waals surface area contributed by atoms with Crippen molar-refractivity contribution in [2.24, 2.45) is 5.73 Å². The first-order chi connectivity index (χ1) is 14.2. The van der Waals surface area contributed by atoms with E-state index in [1.165, 1.54) is 26.0 Å². The SMILES string of the molecule is COc1cc(C(N)c2ccc(Oc3ccccc3N3CCCC3)cn2)ccc1F. The van der Waals surface area contributed by atoms with E-state index in [1.807, 2.05) is 30.3 Å². The summed E-state index contributed by atoms with van der Waals surface area (Å²) in [5.41, 5.74) is 8.80. The normalized spacial score (nSPS) is 14.7. The first-order valence-electron chi connectivity index (χ1n) is 9.72. The van der Waals surface area contributed by atoms with Crippen molar-refractivity contribution in [2.75, 3.05) is 25.1 Å². The van der Waals surface area contributed by atoms with Gasteiger partial charge in [-0.2, -0.15) is 0 Å². The predicted octanol–water partition coefficient (Wildman–Crippen LogP) is 4.67. The summed E-state index contributed by atoms with van der Waals surface area (Å²) < 4.78 is 24.8. The Morgan fingerprint density at radius 1 is 1.03 bits per heavy atom. The van der Waals surface area contributed by atoms with Crippen molar-refractivity contribution >= 4 is 5.69 Å². The van der Waals surface area contributed by atoms with Gasteiger partial charge in [0.25, 0.3) is 0 Å². The van der Waals surface area contributed by atoms with Gasteiger partial charge in [-0.3, -0.25) is 4.98 Å². The summed E-state index contributed by atoms with van der Waals surface area (Å²) in [5, 5.41) is 0. The molecular formula is C23H24FN3O2. The van der Waals surface area contributed by atoms with Crippen molar-refractivity contribution in [2.45, 2.75) is 18.9 Å². The second kappa shape index (κ2) is 8.49. The first-order valence-corrected chi connectivity index (χ1v) is 9.72. The molecule has 6 heteroatoms. The van der Waals surface area contributed by atoms with E-state index in [0.29, 0.717) is 11.4 Å². The number of methoxy groups -OCH3 is 1. The van der Waals surface area contributed by atoms with Gasteiger partial charge in [-0.05, 0) is 54.8 Å². The number of nitrogens with two attached hydrogens (primary N) is 1. The summed E-state index contributed by atoms with van der Waals surface area (Å²) in [6, 6.07) is 15.8. The van der Waals surface area contributed by atoms with Crippen molar-refractivity contribution < 1.29 is 13.9 Å². The van der Waals surface area contributed by atoms with E-state index in [2.05, 4.69) is 16.0 Å². The zero-order chi connectivity index (χ0) is 20.2. The number of para-hydroxylation sites is 2. The standard InChI is InChI=1S/C23H24FN3O2/c1-28-22-14-16(8-10-18(22)24)23(25)19-11-9-17(15-26-19)29-21-7-3-2-6-20(21)27-12-4-5-13-27/h2-3,6-11,14-15,23H,4-5,12-13,25H2,1H3. The Morgan fingerprint density at radius 3 is 2.55 bits per heavy atom. The highest BCUT2D eigenvalue weighted by Gasteiger charge is 2.17. The van der Waals surface area contributed by atoms with Gasteiger partial charge in [0, 0.05) is 13.1 Å². The van der Waals surface area contributed by atoms with E-state index >= 15 is 0 Å². The molecular weight excluding hydrogens is 369 g/mol. The largest absolute Gasteiger partial charge is 0.494 e. The van der Waals surface area contributed by atoms with Gasteiger partial charge in [0.1, 0.15) is 5.75 Å².